The van der Waals surface area contributed by atoms with Crippen LogP contribution in [0.2, 0.25) is 0 Å². The summed E-state index contributed by atoms with van der Waals surface area (Å²) in [5.74, 6) is 0.788. The molecule has 3 aromatic heterocycles. The number of thioether (sulfide) groups is 1. The van der Waals surface area contributed by atoms with Crippen molar-refractivity contribution in [1.29, 1.82) is 0 Å². The zero-order valence-electron chi connectivity index (χ0n) is 18.0. The molecule has 0 saturated carbocycles. The zero-order chi connectivity index (χ0) is 22.1. The zero-order valence-corrected chi connectivity index (χ0v) is 18.9. The van der Waals surface area contributed by atoms with Crippen LogP contribution in [-0.2, 0) is 6.54 Å². The Bertz CT molecular complexity index is 1410. The molecule has 5 nitrogen and oxygen atoms in total. The van der Waals surface area contributed by atoms with Crippen molar-refractivity contribution in [2.24, 2.45) is 0 Å². The van der Waals surface area contributed by atoms with Gasteiger partial charge in [-0.2, -0.15) is 0 Å². The molecule has 0 unspecified atom stereocenters. The number of nitrogens with zero attached hydrogens (tertiary/aromatic N) is 3. The standard InChI is InChI=1S/C26H24N4OS/c1-17-21-10-12-30(13-14-31)24(21)8-7-22(17)26-23-15-25(28-16-18(23)9-11-27-26)29-19-3-5-20(32-2)6-4-19/h3-12,15-16,31H,13-14H2,1-2H3,(H,28,29). The van der Waals surface area contributed by atoms with Crippen molar-refractivity contribution in [2.75, 3.05) is 18.2 Å². The largest absolute Gasteiger partial charge is 0.395 e. The van der Waals surface area contributed by atoms with Gasteiger partial charge in [-0.3, -0.25) is 4.98 Å². The van der Waals surface area contributed by atoms with Gasteiger partial charge < -0.3 is 15.0 Å². The Kier molecular flexibility index (Phi) is 5.55. The predicted molar refractivity (Wildman–Crippen MR) is 134 cm³/mol. The number of hydrogen-bond donors (Lipinski definition) is 2. The molecule has 0 fully saturated rings. The molecule has 0 atom stereocenters. The molecule has 160 valence electrons. The summed E-state index contributed by atoms with van der Waals surface area (Å²) < 4.78 is 2.08. The van der Waals surface area contributed by atoms with Gasteiger partial charge in [-0.15, -0.1) is 11.8 Å². The smallest absolute Gasteiger partial charge is 0.130 e. The van der Waals surface area contributed by atoms with Gasteiger partial charge in [-0.1, -0.05) is 6.07 Å². The van der Waals surface area contributed by atoms with Crippen LogP contribution in [0.5, 0.6) is 0 Å². The van der Waals surface area contributed by atoms with Crippen LogP contribution in [0, 0.1) is 6.92 Å². The van der Waals surface area contributed by atoms with Crippen LogP contribution in [0.25, 0.3) is 32.9 Å². The van der Waals surface area contributed by atoms with Gasteiger partial charge in [0.25, 0.3) is 0 Å². The van der Waals surface area contributed by atoms with Crippen molar-refractivity contribution in [2.45, 2.75) is 18.4 Å². The van der Waals surface area contributed by atoms with E-state index in [1.807, 2.05) is 24.7 Å². The number of benzene rings is 2. The molecule has 32 heavy (non-hydrogen) atoms. The van der Waals surface area contributed by atoms with Gasteiger partial charge in [0.15, 0.2) is 0 Å². The van der Waals surface area contributed by atoms with Gasteiger partial charge in [0.2, 0.25) is 0 Å². The molecule has 5 rings (SSSR count). The number of rotatable bonds is 6. The number of aryl methyl sites for hydroxylation is 1. The van der Waals surface area contributed by atoms with Crippen LogP contribution >= 0.6 is 11.8 Å². The van der Waals surface area contributed by atoms with Crippen molar-refractivity contribution in [3.05, 3.63) is 78.8 Å². The Hall–Kier alpha value is -3.35. The lowest BCUT2D eigenvalue weighted by molar-refractivity contribution is 0.278. The van der Waals surface area contributed by atoms with Gasteiger partial charge in [0.1, 0.15) is 5.82 Å². The summed E-state index contributed by atoms with van der Waals surface area (Å²) in [6.07, 6.45) is 7.84. The molecule has 3 heterocycles. The third kappa shape index (κ3) is 3.72. The average Bonchev–Trinajstić information content (AvgIpc) is 3.24. The molecule has 0 aliphatic heterocycles. The number of fused-ring (bicyclic) bond motifs is 2. The molecular weight excluding hydrogens is 416 g/mol. The highest BCUT2D eigenvalue weighted by Crippen LogP contribution is 2.34. The maximum Gasteiger partial charge on any atom is 0.130 e. The Morgan fingerprint density at radius 2 is 1.84 bits per heavy atom. The van der Waals surface area contributed by atoms with Crippen molar-refractivity contribution in [1.82, 2.24) is 14.5 Å². The fourth-order valence-electron chi connectivity index (χ4n) is 4.15. The fraction of sp³-hybridized carbons (Fsp3) is 0.154. The highest BCUT2D eigenvalue weighted by atomic mass is 32.2. The Labute approximate surface area is 191 Å². The summed E-state index contributed by atoms with van der Waals surface area (Å²) in [6.45, 7) is 2.85. The van der Waals surface area contributed by atoms with E-state index in [9.17, 15) is 5.11 Å². The number of pyridine rings is 2. The summed E-state index contributed by atoms with van der Waals surface area (Å²) in [4.78, 5) is 10.6. The molecule has 2 aromatic carbocycles. The number of aliphatic hydroxyl groups excluding tert-OH is 1. The summed E-state index contributed by atoms with van der Waals surface area (Å²) in [5.41, 5.74) is 5.35. The normalized spacial score (nSPS) is 11.3. The minimum atomic E-state index is 0.123. The first kappa shape index (κ1) is 20.5. The Morgan fingerprint density at radius 1 is 1.00 bits per heavy atom. The minimum absolute atomic E-state index is 0.123. The van der Waals surface area contributed by atoms with E-state index in [1.165, 1.54) is 15.8 Å². The van der Waals surface area contributed by atoms with Gasteiger partial charge in [0.05, 0.1) is 12.3 Å². The van der Waals surface area contributed by atoms with E-state index in [1.54, 1.807) is 11.8 Å². The summed E-state index contributed by atoms with van der Waals surface area (Å²) in [7, 11) is 0. The average molecular weight is 441 g/mol. The van der Waals surface area contributed by atoms with Crippen LogP contribution < -0.4 is 5.32 Å². The van der Waals surface area contributed by atoms with Crippen LogP contribution in [0.15, 0.2) is 78.1 Å². The Morgan fingerprint density at radius 3 is 2.62 bits per heavy atom. The Balaban J connectivity index is 1.58. The van der Waals surface area contributed by atoms with E-state index in [0.29, 0.717) is 6.54 Å². The lowest BCUT2D eigenvalue weighted by atomic mass is 9.98. The monoisotopic (exact) mass is 440 g/mol. The molecule has 6 heteroatoms. The lowest BCUT2D eigenvalue weighted by Gasteiger charge is -2.12. The first-order chi connectivity index (χ1) is 15.7. The van der Waals surface area contributed by atoms with Gasteiger partial charge in [-0.05, 0) is 67.3 Å². The summed E-state index contributed by atoms with van der Waals surface area (Å²) >= 11 is 1.73. The van der Waals surface area contributed by atoms with E-state index in [-0.39, 0.29) is 6.61 Å². The molecule has 0 saturated heterocycles. The van der Waals surface area contributed by atoms with E-state index in [4.69, 9.17) is 4.98 Å². The van der Waals surface area contributed by atoms with Crippen LogP contribution in [0.3, 0.4) is 0 Å². The first-order valence-electron chi connectivity index (χ1n) is 10.5. The molecule has 5 aromatic rings. The van der Waals surface area contributed by atoms with Crippen LogP contribution in [0.4, 0.5) is 11.5 Å². The third-order valence-electron chi connectivity index (χ3n) is 5.83. The van der Waals surface area contributed by atoms with Crippen molar-refractivity contribution in [3.8, 4) is 11.3 Å². The van der Waals surface area contributed by atoms with Crippen molar-refractivity contribution < 1.29 is 5.11 Å². The van der Waals surface area contributed by atoms with Crippen molar-refractivity contribution >= 4 is 44.9 Å². The number of nitrogens with one attached hydrogen (secondary N) is 1. The van der Waals surface area contributed by atoms with Gasteiger partial charge >= 0.3 is 0 Å². The topological polar surface area (TPSA) is 63.0 Å². The van der Waals surface area contributed by atoms with Crippen LogP contribution in [-0.4, -0.2) is 32.5 Å². The number of hydrogen-bond acceptors (Lipinski definition) is 5. The van der Waals surface area contributed by atoms with E-state index < -0.39 is 0 Å². The highest BCUT2D eigenvalue weighted by Gasteiger charge is 2.13. The molecule has 0 aliphatic carbocycles. The second kappa shape index (κ2) is 8.65. The van der Waals surface area contributed by atoms with E-state index >= 15 is 0 Å². The van der Waals surface area contributed by atoms with E-state index in [2.05, 4.69) is 76.6 Å². The number of aliphatic hydroxyl groups is 1. The molecule has 0 spiro atoms. The first-order valence-corrected chi connectivity index (χ1v) is 11.8. The van der Waals surface area contributed by atoms with Crippen molar-refractivity contribution in [3.63, 3.8) is 0 Å². The fourth-order valence-corrected chi connectivity index (χ4v) is 4.56. The van der Waals surface area contributed by atoms with Gasteiger partial charge in [0, 0.05) is 63.0 Å². The second-order valence-electron chi connectivity index (χ2n) is 7.71. The SMILES string of the molecule is CSc1ccc(Nc2cc3c(-c4ccc5c(ccn5CCO)c4C)nccc3cn2)cc1. The van der Waals surface area contributed by atoms with Gasteiger partial charge in [-0.25, -0.2) is 4.98 Å². The van der Waals surface area contributed by atoms with E-state index in [0.717, 1.165) is 39.1 Å². The number of aromatic nitrogens is 3. The molecule has 2 N–H and O–H groups in total. The predicted octanol–water partition coefficient (Wildman–Crippen LogP) is 6.02. The third-order valence-corrected chi connectivity index (χ3v) is 6.57. The lowest BCUT2D eigenvalue weighted by Crippen LogP contribution is -2.00. The maximum atomic E-state index is 9.33. The second-order valence-corrected chi connectivity index (χ2v) is 8.59. The minimum Gasteiger partial charge on any atom is -0.395 e. The maximum absolute atomic E-state index is 9.33. The summed E-state index contributed by atoms with van der Waals surface area (Å²) in [6, 6.07) is 18.7. The quantitative estimate of drug-likeness (QED) is 0.316. The highest BCUT2D eigenvalue weighted by molar-refractivity contribution is 7.98. The molecule has 0 aliphatic rings. The summed E-state index contributed by atoms with van der Waals surface area (Å²) in [5, 5.41) is 16.0. The molecular formula is C26H24N4OS. The molecule has 0 amide bonds. The molecule has 0 radical (unpaired) electrons. The van der Waals surface area contributed by atoms with Crippen LogP contribution in [0.1, 0.15) is 5.56 Å². The molecule has 0 bridgehead atoms. The number of anilines is 2.